The highest BCUT2D eigenvalue weighted by Crippen LogP contribution is 2.32. The molecule has 0 rings (SSSR count). The summed E-state index contributed by atoms with van der Waals surface area (Å²) >= 11 is 0. The molecule has 0 spiro atoms. The lowest BCUT2D eigenvalue weighted by Gasteiger charge is -2.30. The van der Waals surface area contributed by atoms with Gasteiger partial charge in [0.15, 0.2) is 9.84 Å². The molecule has 0 aromatic heterocycles. The van der Waals surface area contributed by atoms with E-state index in [0.29, 0.717) is 25.3 Å². The zero-order valence-corrected chi connectivity index (χ0v) is 14.3. The van der Waals surface area contributed by atoms with Crippen molar-refractivity contribution in [3.63, 3.8) is 0 Å². The monoisotopic (exact) mass is 305 g/mol. The standard InChI is InChI=1S/C15H31NO3S/c1-5-11-20(18,19)12-9-14(17)7-6-13(8-10-16)15(2,3)4/h13H,5-12,16H2,1-4H3. The fraction of sp³-hybridized carbons (Fsp3) is 0.933. The fourth-order valence-electron chi connectivity index (χ4n) is 2.35. The van der Waals surface area contributed by atoms with Gasteiger partial charge in [-0.3, -0.25) is 4.79 Å². The van der Waals surface area contributed by atoms with Crippen molar-refractivity contribution < 1.29 is 13.2 Å². The minimum Gasteiger partial charge on any atom is -0.330 e. The highest BCUT2D eigenvalue weighted by atomic mass is 32.2. The van der Waals surface area contributed by atoms with Gasteiger partial charge in [-0.1, -0.05) is 27.7 Å². The van der Waals surface area contributed by atoms with E-state index in [0.717, 1.165) is 12.8 Å². The van der Waals surface area contributed by atoms with Crippen LogP contribution in [0.5, 0.6) is 0 Å². The zero-order valence-electron chi connectivity index (χ0n) is 13.4. The van der Waals surface area contributed by atoms with Crippen molar-refractivity contribution in [2.75, 3.05) is 18.1 Å². The number of hydrogen-bond acceptors (Lipinski definition) is 4. The Morgan fingerprint density at radius 3 is 2.15 bits per heavy atom. The van der Waals surface area contributed by atoms with Gasteiger partial charge >= 0.3 is 0 Å². The van der Waals surface area contributed by atoms with Crippen LogP contribution in [0, 0.1) is 11.3 Å². The highest BCUT2D eigenvalue weighted by Gasteiger charge is 2.24. The minimum atomic E-state index is -3.04. The van der Waals surface area contributed by atoms with E-state index < -0.39 is 9.84 Å². The number of ketones is 1. The van der Waals surface area contributed by atoms with Crippen LogP contribution in [0.15, 0.2) is 0 Å². The number of rotatable bonds is 10. The van der Waals surface area contributed by atoms with Crippen LogP contribution in [0.4, 0.5) is 0 Å². The van der Waals surface area contributed by atoms with E-state index in [1.807, 2.05) is 6.92 Å². The molecule has 0 aliphatic rings. The Kier molecular flexibility index (Phi) is 8.59. The van der Waals surface area contributed by atoms with E-state index in [4.69, 9.17) is 5.73 Å². The largest absolute Gasteiger partial charge is 0.330 e. The van der Waals surface area contributed by atoms with Crippen molar-refractivity contribution in [1.82, 2.24) is 0 Å². The molecular weight excluding hydrogens is 274 g/mol. The second-order valence-electron chi connectivity index (χ2n) is 6.62. The number of carbonyl (C=O) groups excluding carboxylic acids is 1. The van der Waals surface area contributed by atoms with Gasteiger partial charge in [0.1, 0.15) is 5.78 Å². The van der Waals surface area contributed by atoms with Crippen LogP contribution in [0.2, 0.25) is 0 Å². The van der Waals surface area contributed by atoms with Crippen molar-refractivity contribution in [3.8, 4) is 0 Å². The molecule has 0 bridgehead atoms. The molecule has 0 saturated heterocycles. The topological polar surface area (TPSA) is 77.2 Å². The first-order valence-corrected chi connectivity index (χ1v) is 9.36. The lowest BCUT2D eigenvalue weighted by molar-refractivity contribution is -0.119. The summed E-state index contributed by atoms with van der Waals surface area (Å²) in [6, 6.07) is 0. The van der Waals surface area contributed by atoms with Crippen LogP contribution < -0.4 is 5.73 Å². The summed E-state index contributed by atoms with van der Waals surface area (Å²) < 4.78 is 23.1. The number of nitrogens with two attached hydrogens (primary N) is 1. The summed E-state index contributed by atoms with van der Waals surface area (Å²) in [6.07, 6.45) is 2.93. The molecule has 0 aromatic carbocycles. The maximum atomic E-state index is 11.8. The van der Waals surface area contributed by atoms with Gasteiger partial charge < -0.3 is 5.73 Å². The first-order valence-electron chi connectivity index (χ1n) is 7.54. The second-order valence-corrected chi connectivity index (χ2v) is 8.92. The molecule has 0 saturated carbocycles. The van der Waals surface area contributed by atoms with Gasteiger partial charge in [0.05, 0.1) is 5.75 Å². The predicted octanol–water partition coefficient (Wildman–Crippen LogP) is 2.56. The molecule has 1 atom stereocenters. The maximum absolute atomic E-state index is 11.8. The summed E-state index contributed by atoms with van der Waals surface area (Å²) in [5, 5.41) is 0. The van der Waals surface area contributed by atoms with Crippen molar-refractivity contribution in [2.45, 2.75) is 59.8 Å². The molecule has 120 valence electrons. The molecule has 1 unspecified atom stereocenters. The quantitative estimate of drug-likeness (QED) is 0.673. The van der Waals surface area contributed by atoms with E-state index >= 15 is 0 Å². The summed E-state index contributed by atoms with van der Waals surface area (Å²) in [4.78, 5) is 11.8. The molecule has 5 heteroatoms. The summed E-state index contributed by atoms with van der Waals surface area (Å²) in [6.45, 7) is 8.93. The highest BCUT2D eigenvalue weighted by molar-refractivity contribution is 7.91. The number of carbonyl (C=O) groups is 1. The van der Waals surface area contributed by atoms with Crippen LogP contribution in [-0.4, -0.2) is 32.3 Å². The molecule has 0 aliphatic heterocycles. The van der Waals surface area contributed by atoms with Crippen molar-refractivity contribution in [1.29, 1.82) is 0 Å². The minimum absolute atomic E-state index is 0.00323. The molecule has 20 heavy (non-hydrogen) atoms. The Hall–Kier alpha value is -0.420. The molecule has 0 aromatic rings. The smallest absolute Gasteiger partial charge is 0.150 e. The Balaban J connectivity index is 4.21. The van der Waals surface area contributed by atoms with Crippen LogP contribution in [-0.2, 0) is 14.6 Å². The number of hydrogen-bond donors (Lipinski definition) is 1. The Morgan fingerprint density at radius 1 is 1.10 bits per heavy atom. The third-order valence-electron chi connectivity index (χ3n) is 3.72. The molecule has 0 fully saturated rings. The second kappa shape index (κ2) is 8.78. The lowest BCUT2D eigenvalue weighted by Crippen LogP contribution is -2.24. The molecule has 0 heterocycles. The van der Waals surface area contributed by atoms with Crippen LogP contribution in [0.3, 0.4) is 0 Å². The zero-order chi connectivity index (χ0) is 15.8. The van der Waals surface area contributed by atoms with Gasteiger partial charge in [0.2, 0.25) is 0 Å². The average Bonchev–Trinajstić information content (AvgIpc) is 2.30. The summed E-state index contributed by atoms with van der Waals surface area (Å²) in [7, 11) is -3.04. The molecule has 2 N–H and O–H groups in total. The van der Waals surface area contributed by atoms with Gasteiger partial charge in [0.25, 0.3) is 0 Å². The molecular formula is C15H31NO3S. The third kappa shape index (κ3) is 8.69. The molecule has 4 nitrogen and oxygen atoms in total. The van der Waals surface area contributed by atoms with E-state index in [2.05, 4.69) is 20.8 Å². The first-order chi connectivity index (χ1) is 9.12. The van der Waals surface area contributed by atoms with Crippen molar-refractivity contribution >= 4 is 15.6 Å². The van der Waals surface area contributed by atoms with E-state index in [9.17, 15) is 13.2 Å². The van der Waals surface area contributed by atoms with Crippen LogP contribution in [0.1, 0.15) is 59.8 Å². The summed E-state index contributed by atoms with van der Waals surface area (Å²) in [5.74, 6) is 0.633. The Morgan fingerprint density at radius 2 is 1.70 bits per heavy atom. The SMILES string of the molecule is CCCS(=O)(=O)CCC(=O)CCC(CCN)C(C)(C)C. The van der Waals surface area contributed by atoms with Crippen molar-refractivity contribution in [3.05, 3.63) is 0 Å². The lowest BCUT2D eigenvalue weighted by atomic mass is 9.76. The normalized spacial score (nSPS) is 14.2. The predicted molar refractivity (Wildman–Crippen MR) is 84.4 cm³/mol. The fourth-order valence-corrected chi connectivity index (χ4v) is 3.72. The molecule has 0 radical (unpaired) electrons. The van der Waals surface area contributed by atoms with E-state index in [1.54, 1.807) is 0 Å². The third-order valence-corrected chi connectivity index (χ3v) is 5.57. The Bertz CT molecular complexity index is 382. The molecule has 0 amide bonds. The van der Waals surface area contributed by atoms with Crippen LogP contribution in [0.25, 0.3) is 0 Å². The maximum Gasteiger partial charge on any atom is 0.150 e. The number of Topliss-reactive ketones (excluding diaryl/α,β-unsaturated/α-hetero) is 1. The van der Waals surface area contributed by atoms with Gasteiger partial charge in [-0.05, 0) is 37.1 Å². The molecule has 0 aliphatic carbocycles. The number of sulfone groups is 1. The van der Waals surface area contributed by atoms with E-state index in [1.165, 1.54) is 0 Å². The van der Waals surface area contributed by atoms with Crippen LogP contribution >= 0.6 is 0 Å². The van der Waals surface area contributed by atoms with Gasteiger partial charge in [-0.25, -0.2) is 8.42 Å². The Labute approximate surface area is 124 Å². The first kappa shape index (κ1) is 19.6. The van der Waals surface area contributed by atoms with E-state index in [-0.39, 0.29) is 29.1 Å². The van der Waals surface area contributed by atoms with Gasteiger partial charge in [-0.15, -0.1) is 0 Å². The van der Waals surface area contributed by atoms with Crippen molar-refractivity contribution in [2.24, 2.45) is 17.1 Å². The van der Waals surface area contributed by atoms with Gasteiger partial charge in [0, 0.05) is 18.6 Å². The average molecular weight is 305 g/mol. The summed E-state index contributed by atoms with van der Waals surface area (Å²) in [5.41, 5.74) is 5.75. The van der Waals surface area contributed by atoms with Gasteiger partial charge in [-0.2, -0.15) is 0 Å².